The summed E-state index contributed by atoms with van der Waals surface area (Å²) in [6.45, 7) is 2.43. The van der Waals surface area contributed by atoms with Crippen LogP contribution in [0.2, 0.25) is 5.02 Å². The van der Waals surface area contributed by atoms with Crippen LogP contribution in [0.5, 0.6) is 0 Å². The number of rotatable bonds is 5. The van der Waals surface area contributed by atoms with Gasteiger partial charge in [0.25, 0.3) is 10.0 Å². The lowest BCUT2D eigenvalue weighted by Gasteiger charge is -2.21. The number of sulfonamides is 1. The molecule has 8 heteroatoms. The lowest BCUT2D eigenvalue weighted by Crippen LogP contribution is -2.42. The molecule has 1 aromatic carbocycles. The van der Waals surface area contributed by atoms with Gasteiger partial charge in [-0.1, -0.05) is 11.6 Å². The Morgan fingerprint density at radius 2 is 1.78 bits per heavy atom. The smallest absolute Gasteiger partial charge is 0.320 e. The van der Waals surface area contributed by atoms with Gasteiger partial charge in [-0.2, -0.15) is 0 Å². The molecular formula is C15H16ClN3O3S. The number of hydrogen-bond donors (Lipinski definition) is 1. The van der Waals surface area contributed by atoms with Gasteiger partial charge in [-0.05, 0) is 48.9 Å². The molecule has 0 aliphatic carbocycles. The van der Waals surface area contributed by atoms with Crippen LogP contribution >= 0.6 is 11.6 Å². The number of benzene rings is 1. The number of nitrogens with zero attached hydrogens (tertiary/aromatic N) is 2. The first kappa shape index (κ1) is 17.2. The molecule has 23 heavy (non-hydrogen) atoms. The fourth-order valence-corrected chi connectivity index (χ4v) is 2.99. The number of aromatic nitrogens is 1. The van der Waals surface area contributed by atoms with Crippen LogP contribution in [0.3, 0.4) is 0 Å². The van der Waals surface area contributed by atoms with E-state index in [1.807, 2.05) is 0 Å². The van der Waals surface area contributed by atoms with E-state index in [1.54, 1.807) is 31.5 Å². The summed E-state index contributed by atoms with van der Waals surface area (Å²) in [5.74, 6) is 0. The average Bonchev–Trinajstić information content (AvgIpc) is 2.53. The van der Waals surface area contributed by atoms with Crippen LogP contribution in [0, 0.1) is 0 Å². The minimum absolute atomic E-state index is 0.0183. The second-order valence-corrected chi connectivity index (χ2v) is 6.85. The van der Waals surface area contributed by atoms with E-state index in [9.17, 15) is 13.2 Å². The first-order valence-electron chi connectivity index (χ1n) is 6.88. The quantitative estimate of drug-likeness (QED) is 0.896. The molecule has 0 unspecified atom stereocenters. The van der Waals surface area contributed by atoms with E-state index >= 15 is 0 Å². The molecule has 0 saturated heterocycles. The second-order valence-electron chi connectivity index (χ2n) is 4.73. The van der Waals surface area contributed by atoms with Crippen LogP contribution in [0.1, 0.15) is 12.5 Å². The average molecular weight is 354 g/mol. The zero-order chi connectivity index (χ0) is 16.9. The van der Waals surface area contributed by atoms with Crippen molar-refractivity contribution in [3.05, 3.63) is 59.4 Å². The molecule has 2 amide bonds. The van der Waals surface area contributed by atoms with E-state index < -0.39 is 16.1 Å². The van der Waals surface area contributed by atoms with Gasteiger partial charge in [-0.25, -0.2) is 17.9 Å². The molecule has 2 rings (SSSR count). The molecule has 0 bridgehead atoms. The Bertz CT molecular complexity index is 764. The maximum atomic E-state index is 12.2. The van der Waals surface area contributed by atoms with Gasteiger partial charge in [0, 0.05) is 30.5 Å². The Morgan fingerprint density at radius 3 is 2.35 bits per heavy atom. The van der Waals surface area contributed by atoms with Crippen molar-refractivity contribution in [3.63, 3.8) is 0 Å². The molecule has 6 nitrogen and oxygen atoms in total. The Hall–Kier alpha value is -2.12. The summed E-state index contributed by atoms with van der Waals surface area (Å²) in [4.78, 5) is 17.5. The summed E-state index contributed by atoms with van der Waals surface area (Å²) in [7, 11) is -3.94. The number of hydrogen-bond acceptors (Lipinski definition) is 4. The third kappa shape index (κ3) is 4.67. The van der Waals surface area contributed by atoms with Gasteiger partial charge in [0.15, 0.2) is 0 Å². The predicted molar refractivity (Wildman–Crippen MR) is 87.5 cm³/mol. The zero-order valence-electron chi connectivity index (χ0n) is 12.4. The summed E-state index contributed by atoms with van der Waals surface area (Å²) < 4.78 is 26.5. The van der Waals surface area contributed by atoms with Gasteiger partial charge >= 0.3 is 6.03 Å². The highest BCUT2D eigenvalue weighted by Crippen LogP contribution is 2.14. The Labute approximate surface area is 140 Å². The second kappa shape index (κ2) is 7.43. The Morgan fingerprint density at radius 1 is 1.17 bits per heavy atom. The molecule has 0 radical (unpaired) electrons. The highest BCUT2D eigenvalue weighted by molar-refractivity contribution is 7.90. The van der Waals surface area contributed by atoms with Crippen molar-refractivity contribution in [3.8, 4) is 0 Å². The van der Waals surface area contributed by atoms with Crippen LogP contribution < -0.4 is 4.72 Å². The maximum Gasteiger partial charge on any atom is 0.331 e. The fourth-order valence-electron chi connectivity index (χ4n) is 1.89. The van der Waals surface area contributed by atoms with E-state index in [0.29, 0.717) is 18.1 Å². The highest BCUT2D eigenvalue weighted by atomic mass is 35.5. The molecular weight excluding hydrogens is 338 g/mol. The number of pyridine rings is 1. The Kier molecular flexibility index (Phi) is 5.57. The van der Waals surface area contributed by atoms with Crippen LogP contribution in [-0.2, 0) is 16.6 Å². The lowest BCUT2D eigenvalue weighted by atomic mass is 10.2. The van der Waals surface area contributed by atoms with Crippen molar-refractivity contribution in [2.45, 2.75) is 18.4 Å². The van der Waals surface area contributed by atoms with E-state index in [2.05, 4.69) is 9.71 Å². The van der Waals surface area contributed by atoms with Gasteiger partial charge in [0.2, 0.25) is 0 Å². The van der Waals surface area contributed by atoms with Crippen molar-refractivity contribution in [2.75, 3.05) is 6.54 Å². The molecule has 1 heterocycles. The van der Waals surface area contributed by atoms with Crippen molar-refractivity contribution < 1.29 is 13.2 Å². The molecule has 1 aromatic heterocycles. The molecule has 1 N–H and O–H groups in total. The van der Waals surface area contributed by atoms with E-state index in [1.165, 1.54) is 29.2 Å². The standard InChI is InChI=1S/C15H16ClN3O3S/c1-2-19(11-12-7-9-17-10-8-12)15(20)18-23(21,22)14-5-3-13(16)4-6-14/h3-10H,2,11H2,1H3,(H,18,20). The third-order valence-electron chi connectivity index (χ3n) is 3.14. The molecule has 122 valence electrons. The summed E-state index contributed by atoms with van der Waals surface area (Å²) in [5, 5.41) is 0.420. The summed E-state index contributed by atoms with van der Waals surface area (Å²) in [6, 6.07) is 8.45. The normalized spacial score (nSPS) is 11.0. The SMILES string of the molecule is CCN(Cc1ccncc1)C(=O)NS(=O)(=O)c1ccc(Cl)cc1. The Balaban J connectivity index is 2.10. The molecule has 0 aliphatic heterocycles. The minimum atomic E-state index is -3.94. The third-order valence-corrected chi connectivity index (χ3v) is 4.73. The maximum absolute atomic E-state index is 12.2. The summed E-state index contributed by atoms with van der Waals surface area (Å²) >= 11 is 5.74. The van der Waals surface area contributed by atoms with Crippen LogP contribution in [0.4, 0.5) is 4.79 Å². The van der Waals surface area contributed by atoms with Crippen LogP contribution in [-0.4, -0.2) is 30.9 Å². The summed E-state index contributed by atoms with van der Waals surface area (Å²) in [5.41, 5.74) is 0.862. The number of nitrogens with one attached hydrogen (secondary N) is 1. The monoisotopic (exact) mass is 353 g/mol. The fraction of sp³-hybridized carbons (Fsp3) is 0.200. The van der Waals surface area contributed by atoms with E-state index in [4.69, 9.17) is 11.6 Å². The van der Waals surface area contributed by atoms with Crippen molar-refractivity contribution in [1.82, 2.24) is 14.6 Å². The van der Waals surface area contributed by atoms with Crippen LogP contribution in [0.15, 0.2) is 53.7 Å². The van der Waals surface area contributed by atoms with E-state index in [-0.39, 0.29) is 4.90 Å². The van der Waals surface area contributed by atoms with Gasteiger partial charge in [-0.15, -0.1) is 0 Å². The predicted octanol–water partition coefficient (Wildman–Crippen LogP) is 2.66. The number of amides is 2. The number of urea groups is 1. The minimum Gasteiger partial charge on any atom is -0.320 e. The number of carbonyl (C=O) groups is 1. The van der Waals surface area contributed by atoms with Gasteiger partial charge in [-0.3, -0.25) is 4.98 Å². The topological polar surface area (TPSA) is 79.4 Å². The number of carbonyl (C=O) groups excluding carboxylic acids is 1. The van der Waals surface area contributed by atoms with Crippen molar-refractivity contribution in [2.24, 2.45) is 0 Å². The molecule has 0 fully saturated rings. The van der Waals surface area contributed by atoms with Gasteiger partial charge in [0.05, 0.1) is 4.90 Å². The largest absolute Gasteiger partial charge is 0.331 e. The molecule has 0 saturated carbocycles. The first-order chi connectivity index (χ1) is 10.9. The number of halogens is 1. The highest BCUT2D eigenvalue weighted by Gasteiger charge is 2.21. The van der Waals surface area contributed by atoms with Crippen LogP contribution in [0.25, 0.3) is 0 Å². The molecule has 2 aromatic rings. The van der Waals surface area contributed by atoms with Crippen molar-refractivity contribution in [1.29, 1.82) is 0 Å². The summed E-state index contributed by atoms with van der Waals surface area (Å²) in [6.07, 6.45) is 3.23. The molecule has 0 aliphatic rings. The van der Waals surface area contributed by atoms with Gasteiger partial charge < -0.3 is 4.90 Å². The molecule has 0 atom stereocenters. The lowest BCUT2D eigenvalue weighted by molar-refractivity contribution is 0.204. The van der Waals surface area contributed by atoms with Gasteiger partial charge in [0.1, 0.15) is 0 Å². The van der Waals surface area contributed by atoms with E-state index in [0.717, 1.165) is 5.56 Å². The first-order valence-corrected chi connectivity index (χ1v) is 8.74. The zero-order valence-corrected chi connectivity index (χ0v) is 14.0. The van der Waals surface area contributed by atoms with Crippen molar-refractivity contribution >= 4 is 27.7 Å². The molecule has 0 spiro atoms.